The minimum Gasteiger partial charge on any atom is -0.396 e. The van der Waals surface area contributed by atoms with Gasteiger partial charge in [-0.05, 0) is 18.2 Å². The summed E-state index contributed by atoms with van der Waals surface area (Å²) in [5.41, 5.74) is 9.21. The van der Waals surface area contributed by atoms with E-state index in [4.69, 9.17) is 10.5 Å². The van der Waals surface area contributed by atoms with Crippen molar-refractivity contribution in [1.29, 1.82) is 0 Å². The van der Waals surface area contributed by atoms with Gasteiger partial charge in [-0.25, -0.2) is 0 Å². The number of hydrogen-bond donors (Lipinski definition) is 2. The van der Waals surface area contributed by atoms with Crippen molar-refractivity contribution in [3.63, 3.8) is 0 Å². The van der Waals surface area contributed by atoms with Gasteiger partial charge in [0, 0.05) is 11.9 Å². The van der Waals surface area contributed by atoms with Gasteiger partial charge >= 0.3 is 0 Å². The number of pyridine rings is 1. The Balaban J connectivity index is 1.27. The second-order valence-electron chi connectivity index (χ2n) is 6.45. The zero-order chi connectivity index (χ0) is 19.5. The summed E-state index contributed by atoms with van der Waals surface area (Å²) in [6.07, 6.45) is 1.63. The number of aromatic nitrogens is 1. The summed E-state index contributed by atoms with van der Waals surface area (Å²) in [5.74, 6) is -0.531. The molecule has 1 aliphatic rings. The van der Waals surface area contributed by atoms with Gasteiger partial charge in [-0.1, -0.05) is 30.3 Å². The Morgan fingerprint density at radius 3 is 2.39 bits per heavy atom. The molecule has 142 valence electrons. The van der Waals surface area contributed by atoms with E-state index in [1.807, 2.05) is 24.3 Å². The predicted octanol–water partition coefficient (Wildman–Crippen LogP) is 2.54. The number of nitrogens with one attached hydrogen (secondary N) is 1. The van der Waals surface area contributed by atoms with Crippen LogP contribution in [0.25, 0.3) is 10.9 Å². The predicted molar refractivity (Wildman–Crippen MR) is 107 cm³/mol. The molecule has 4 rings (SSSR count). The second kappa shape index (κ2) is 7.66. The average Bonchev–Trinajstić information content (AvgIpc) is 2.97. The zero-order valence-corrected chi connectivity index (χ0v) is 15.2. The van der Waals surface area contributed by atoms with Crippen LogP contribution in [0.3, 0.4) is 0 Å². The van der Waals surface area contributed by atoms with E-state index < -0.39 is 0 Å². The number of nitrogen functional groups attached to an aromatic ring is 1. The van der Waals surface area contributed by atoms with Crippen molar-refractivity contribution in [2.45, 2.75) is 0 Å². The Bertz CT molecular complexity index is 1020. The lowest BCUT2D eigenvalue weighted by molar-refractivity contribution is 0.0572. The van der Waals surface area contributed by atoms with Crippen molar-refractivity contribution < 1.29 is 14.3 Å². The summed E-state index contributed by atoms with van der Waals surface area (Å²) in [5, 5.41) is 4.23. The van der Waals surface area contributed by atoms with E-state index in [-0.39, 0.29) is 25.0 Å². The van der Waals surface area contributed by atoms with E-state index in [1.54, 1.807) is 30.5 Å². The van der Waals surface area contributed by atoms with Crippen molar-refractivity contribution in [1.82, 2.24) is 9.88 Å². The maximum Gasteiger partial charge on any atom is 0.261 e. The van der Waals surface area contributed by atoms with Crippen LogP contribution in [0.15, 0.2) is 54.7 Å². The van der Waals surface area contributed by atoms with Gasteiger partial charge in [0.2, 0.25) is 0 Å². The molecule has 0 saturated heterocycles. The molecular weight excluding hydrogens is 356 g/mol. The van der Waals surface area contributed by atoms with Crippen molar-refractivity contribution in [2.24, 2.45) is 0 Å². The van der Waals surface area contributed by atoms with E-state index >= 15 is 0 Å². The minimum absolute atomic E-state index is 0.229. The Hall–Kier alpha value is -3.45. The van der Waals surface area contributed by atoms with Crippen LogP contribution in [0.2, 0.25) is 0 Å². The van der Waals surface area contributed by atoms with Gasteiger partial charge in [-0.2, -0.15) is 0 Å². The van der Waals surface area contributed by atoms with Gasteiger partial charge in [-0.15, -0.1) is 0 Å². The van der Waals surface area contributed by atoms with Gasteiger partial charge in [-0.3, -0.25) is 19.5 Å². The van der Waals surface area contributed by atoms with Crippen LogP contribution in [0.1, 0.15) is 20.7 Å². The molecule has 0 aliphatic carbocycles. The molecule has 0 fully saturated rings. The van der Waals surface area contributed by atoms with Crippen LogP contribution < -0.4 is 11.1 Å². The van der Waals surface area contributed by atoms with Crippen molar-refractivity contribution in [3.8, 4) is 0 Å². The monoisotopic (exact) mass is 376 g/mol. The third kappa shape index (κ3) is 3.27. The molecule has 2 aromatic carbocycles. The molecule has 3 N–H and O–H groups in total. The molecule has 0 radical (unpaired) electrons. The highest BCUT2D eigenvalue weighted by Gasteiger charge is 2.34. The van der Waals surface area contributed by atoms with Crippen LogP contribution in [-0.4, -0.2) is 48.0 Å². The number of nitrogens with zero attached hydrogens (tertiary/aromatic N) is 2. The number of para-hydroxylation sites is 1. The molecule has 0 bridgehead atoms. The van der Waals surface area contributed by atoms with Gasteiger partial charge in [0.15, 0.2) is 0 Å². The molecular formula is C21H20N4O3. The summed E-state index contributed by atoms with van der Waals surface area (Å²) in [6.45, 7) is 1.46. The highest BCUT2D eigenvalue weighted by atomic mass is 16.5. The fraction of sp³-hybridized carbons (Fsp3) is 0.190. The SMILES string of the molecule is Nc1cnc2ccccc2c1NCCOCCN1C(=O)c2ccccc2C1=O. The van der Waals surface area contributed by atoms with Gasteiger partial charge in [0.05, 0.1) is 54.0 Å². The smallest absolute Gasteiger partial charge is 0.261 e. The number of nitrogens with two attached hydrogens (primary N) is 1. The Morgan fingerprint density at radius 2 is 1.64 bits per heavy atom. The number of benzene rings is 2. The normalized spacial score (nSPS) is 13.2. The lowest BCUT2D eigenvalue weighted by atomic mass is 10.1. The molecule has 0 saturated carbocycles. The number of imide groups is 1. The van der Waals surface area contributed by atoms with Crippen molar-refractivity contribution in [2.75, 3.05) is 37.4 Å². The fourth-order valence-corrected chi connectivity index (χ4v) is 3.30. The first kappa shape index (κ1) is 17.9. The van der Waals surface area contributed by atoms with E-state index in [1.165, 1.54) is 4.90 Å². The first-order chi connectivity index (χ1) is 13.7. The van der Waals surface area contributed by atoms with Crippen LogP contribution in [0.4, 0.5) is 11.4 Å². The first-order valence-corrected chi connectivity index (χ1v) is 9.07. The lowest BCUT2D eigenvalue weighted by Gasteiger charge is -2.15. The maximum absolute atomic E-state index is 12.3. The third-order valence-corrected chi connectivity index (χ3v) is 4.69. The van der Waals surface area contributed by atoms with Crippen LogP contribution in [0, 0.1) is 0 Å². The lowest BCUT2D eigenvalue weighted by Crippen LogP contribution is -2.33. The number of ether oxygens (including phenoxy) is 1. The Morgan fingerprint density at radius 1 is 0.964 bits per heavy atom. The molecule has 1 aromatic heterocycles. The topological polar surface area (TPSA) is 97.6 Å². The highest BCUT2D eigenvalue weighted by molar-refractivity contribution is 6.21. The highest BCUT2D eigenvalue weighted by Crippen LogP contribution is 2.27. The number of carbonyl (C=O) groups is 2. The maximum atomic E-state index is 12.3. The minimum atomic E-state index is -0.265. The van der Waals surface area contributed by atoms with E-state index in [0.717, 1.165) is 16.6 Å². The summed E-state index contributed by atoms with van der Waals surface area (Å²) >= 11 is 0. The summed E-state index contributed by atoms with van der Waals surface area (Å²) in [4.78, 5) is 30.1. The summed E-state index contributed by atoms with van der Waals surface area (Å²) in [6, 6.07) is 14.6. The zero-order valence-electron chi connectivity index (χ0n) is 15.2. The first-order valence-electron chi connectivity index (χ1n) is 9.07. The number of fused-ring (bicyclic) bond motifs is 2. The molecule has 7 heteroatoms. The molecule has 7 nitrogen and oxygen atoms in total. The molecule has 2 heterocycles. The quantitative estimate of drug-likeness (QED) is 0.486. The molecule has 1 aliphatic heterocycles. The number of amides is 2. The molecule has 0 unspecified atom stereocenters. The second-order valence-corrected chi connectivity index (χ2v) is 6.45. The number of hydrogen-bond acceptors (Lipinski definition) is 6. The third-order valence-electron chi connectivity index (χ3n) is 4.69. The van der Waals surface area contributed by atoms with Crippen LogP contribution in [-0.2, 0) is 4.74 Å². The van der Waals surface area contributed by atoms with Crippen molar-refractivity contribution >= 4 is 34.1 Å². The molecule has 3 aromatic rings. The summed E-state index contributed by atoms with van der Waals surface area (Å²) in [7, 11) is 0. The van der Waals surface area contributed by atoms with Crippen LogP contribution in [0.5, 0.6) is 0 Å². The average molecular weight is 376 g/mol. The van der Waals surface area contributed by atoms with Crippen LogP contribution >= 0.6 is 0 Å². The molecule has 0 spiro atoms. The van der Waals surface area contributed by atoms with Gasteiger partial charge < -0.3 is 15.8 Å². The van der Waals surface area contributed by atoms with E-state index in [0.29, 0.717) is 30.0 Å². The number of carbonyl (C=O) groups excluding carboxylic acids is 2. The number of rotatable bonds is 7. The van der Waals surface area contributed by atoms with Gasteiger partial charge in [0.1, 0.15) is 0 Å². The van der Waals surface area contributed by atoms with E-state index in [2.05, 4.69) is 10.3 Å². The Labute approximate surface area is 162 Å². The molecule has 2 amide bonds. The Kier molecular flexibility index (Phi) is 4.90. The largest absolute Gasteiger partial charge is 0.396 e. The van der Waals surface area contributed by atoms with Gasteiger partial charge in [0.25, 0.3) is 11.8 Å². The molecule has 0 atom stereocenters. The van der Waals surface area contributed by atoms with Crippen molar-refractivity contribution in [3.05, 3.63) is 65.9 Å². The number of anilines is 2. The molecule has 28 heavy (non-hydrogen) atoms. The van der Waals surface area contributed by atoms with E-state index in [9.17, 15) is 9.59 Å². The summed E-state index contributed by atoms with van der Waals surface area (Å²) < 4.78 is 5.60. The fourth-order valence-electron chi connectivity index (χ4n) is 3.30. The standard InChI is InChI=1S/C21H20N4O3/c22-17-13-24-18-8-4-3-7-16(18)19(17)23-9-11-28-12-10-25-20(26)14-5-1-2-6-15(14)21(25)27/h1-8,13H,9-12,22H2,(H,23,24).